The van der Waals surface area contributed by atoms with Gasteiger partial charge in [-0.1, -0.05) is 12.1 Å². The van der Waals surface area contributed by atoms with Gasteiger partial charge in [0.05, 0.1) is 6.04 Å². The molecule has 1 unspecified atom stereocenters. The van der Waals surface area contributed by atoms with E-state index in [0.29, 0.717) is 0 Å². The minimum Gasteiger partial charge on any atom is -0.320 e. The second kappa shape index (κ2) is 5.32. The van der Waals surface area contributed by atoms with Gasteiger partial charge in [0.2, 0.25) is 0 Å². The Kier molecular flexibility index (Phi) is 3.97. The molecule has 0 saturated heterocycles. The van der Waals surface area contributed by atoms with Crippen LogP contribution in [0.25, 0.3) is 0 Å². The van der Waals surface area contributed by atoms with Gasteiger partial charge in [0, 0.05) is 9.13 Å². The van der Waals surface area contributed by atoms with E-state index in [-0.39, 0.29) is 11.1 Å². The summed E-state index contributed by atoms with van der Waals surface area (Å²) in [6.45, 7) is 1.53. The highest BCUT2D eigenvalue weighted by atomic mass is 127. The summed E-state index contributed by atoms with van der Waals surface area (Å²) in [6.07, 6.45) is 0. The Morgan fingerprint density at radius 3 is 2.50 bits per heavy atom. The molecule has 0 heterocycles. The van der Waals surface area contributed by atoms with E-state index in [4.69, 9.17) is 5.73 Å². The Hall–Kier alpha value is -1.01. The number of rotatable bonds is 2. The van der Waals surface area contributed by atoms with Crippen molar-refractivity contribution in [2.75, 3.05) is 0 Å². The van der Waals surface area contributed by atoms with Crippen LogP contribution in [-0.4, -0.2) is 0 Å². The minimum atomic E-state index is -0.658. The van der Waals surface area contributed by atoms with E-state index < -0.39 is 17.7 Å². The standard InChI is InChI=1S/C14H12F2IN/c1-8-5-13(16)11(7-12(8)15)14(18)9-3-2-4-10(17)6-9/h2-7,14H,18H2,1H3. The molecular weight excluding hydrogens is 347 g/mol. The van der Waals surface area contributed by atoms with Crippen LogP contribution < -0.4 is 5.73 Å². The lowest BCUT2D eigenvalue weighted by molar-refractivity contribution is 0.570. The molecule has 0 radical (unpaired) electrons. The van der Waals surface area contributed by atoms with Gasteiger partial charge in [0.1, 0.15) is 11.6 Å². The predicted octanol–water partition coefficient (Wildman–Crippen LogP) is 3.93. The van der Waals surface area contributed by atoms with Crippen LogP contribution in [-0.2, 0) is 0 Å². The first-order chi connectivity index (χ1) is 8.49. The van der Waals surface area contributed by atoms with Gasteiger partial charge in [-0.2, -0.15) is 0 Å². The molecule has 94 valence electrons. The van der Waals surface area contributed by atoms with Crippen LogP contribution >= 0.6 is 22.6 Å². The van der Waals surface area contributed by atoms with Crippen molar-refractivity contribution >= 4 is 22.6 Å². The number of hydrogen-bond donors (Lipinski definition) is 1. The van der Waals surface area contributed by atoms with Crippen LogP contribution in [0.1, 0.15) is 22.7 Å². The molecule has 1 nitrogen and oxygen atoms in total. The Morgan fingerprint density at radius 2 is 1.83 bits per heavy atom. The van der Waals surface area contributed by atoms with Crippen LogP contribution in [0.4, 0.5) is 8.78 Å². The van der Waals surface area contributed by atoms with Crippen molar-refractivity contribution in [1.29, 1.82) is 0 Å². The van der Waals surface area contributed by atoms with Gasteiger partial charge in [-0.05, 0) is 64.9 Å². The highest BCUT2D eigenvalue weighted by molar-refractivity contribution is 14.1. The van der Waals surface area contributed by atoms with Crippen LogP contribution in [0.3, 0.4) is 0 Å². The molecule has 2 aromatic rings. The zero-order chi connectivity index (χ0) is 13.3. The molecule has 0 aliphatic rings. The van der Waals surface area contributed by atoms with Gasteiger partial charge in [0.25, 0.3) is 0 Å². The van der Waals surface area contributed by atoms with Gasteiger partial charge >= 0.3 is 0 Å². The summed E-state index contributed by atoms with van der Waals surface area (Å²) >= 11 is 2.16. The highest BCUT2D eigenvalue weighted by Gasteiger charge is 2.16. The molecule has 0 aromatic heterocycles. The number of hydrogen-bond acceptors (Lipinski definition) is 1. The van der Waals surface area contributed by atoms with Crippen molar-refractivity contribution in [2.24, 2.45) is 5.73 Å². The first-order valence-corrected chi connectivity index (χ1v) is 6.53. The normalized spacial score (nSPS) is 12.5. The van der Waals surface area contributed by atoms with Crippen LogP contribution in [0.2, 0.25) is 0 Å². The molecule has 0 fully saturated rings. The molecule has 2 aromatic carbocycles. The number of benzene rings is 2. The van der Waals surface area contributed by atoms with Crippen molar-refractivity contribution in [2.45, 2.75) is 13.0 Å². The third-order valence-corrected chi connectivity index (χ3v) is 3.49. The quantitative estimate of drug-likeness (QED) is 0.808. The summed E-state index contributed by atoms with van der Waals surface area (Å²) in [4.78, 5) is 0. The Balaban J connectivity index is 2.46. The van der Waals surface area contributed by atoms with E-state index in [9.17, 15) is 8.78 Å². The van der Waals surface area contributed by atoms with E-state index in [1.54, 1.807) is 0 Å². The first kappa shape index (κ1) is 13.4. The summed E-state index contributed by atoms with van der Waals surface area (Å²) in [5.41, 5.74) is 7.23. The van der Waals surface area contributed by atoms with Crippen LogP contribution in [0, 0.1) is 22.1 Å². The Morgan fingerprint density at radius 1 is 1.11 bits per heavy atom. The third-order valence-electron chi connectivity index (χ3n) is 2.82. The molecule has 0 saturated carbocycles. The zero-order valence-electron chi connectivity index (χ0n) is 9.75. The highest BCUT2D eigenvalue weighted by Crippen LogP contribution is 2.25. The molecule has 0 spiro atoms. The molecule has 0 aliphatic carbocycles. The largest absolute Gasteiger partial charge is 0.320 e. The fraction of sp³-hybridized carbons (Fsp3) is 0.143. The SMILES string of the molecule is Cc1cc(F)c(C(N)c2cccc(I)c2)cc1F. The van der Waals surface area contributed by atoms with Crippen molar-refractivity contribution in [3.8, 4) is 0 Å². The van der Waals surface area contributed by atoms with Crippen molar-refractivity contribution in [3.05, 3.63) is 68.3 Å². The van der Waals surface area contributed by atoms with E-state index in [1.165, 1.54) is 19.1 Å². The van der Waals surface area contributed by atoms with E-state index in [0.717, 1.165) is 9.13 Å². The summed E-state index contributed by atoms with van der Waals surface area (Å²) in [5, 5.41) is 0. The van der Waals surface area contributed by atoms with Gasteiger partial charge in [0.15, 0.2) is 0 Å². The summed E-state index contributed by atoms with van der Waals surface area (Å²) in [6, 6.07) is 9.14. The molecule has 0 aliphatic heterocycles. The second-order valence-corrected chi connectivity index (χ2v) is 5.40. The lowest BCUT2D eigenvalue weighted by atomic mass is 9.98. The number of nitrogens with two attached hydrogens (primary N) is 1. The third kappa shape index (κ3) is 2.70. The average Bonchev–Trinajstić information content (AvgIpc) is 2.33. The fourth-order valence-electron chi connectivity index (χ4n) is 1.78. The van der Waals surface area contributed by atoms with Gasteiger partial charge < -0.3 is 5.73 Å². The molecule has 1 atom stereocenters. The van der Waals surface area contributed by atoms with Gasteiger partial charge in [-0.3, -0.25) is 0 Å². The zero-order valence-corrected chi connectivity index (χ0v) is 11.9. The van der Waals surface area contributed by atoms with Crippen LogP contribution in [0.15, 0.2) is 36.4 Å². The summed E-state index contributed by atoms with van der Waals surface area (Å²) in [5.74, 6) is -0.910. The first-order valence-electron chi connectivity index (χ1n) is 5.45. The number of aryl methyl sites for hydroxylation is 1. The smallest absolute Gasteiger partial charge is 0.128 e. The molecule has 18 heavy (non-hydrogen) atoms. The van der Waals surface area contributed by atoms with Crippen LogP contribution in [0.5, 0.6) is 0 Å². The molecule has 2 rings (SSSR count). The maximum absolute atomic E-state index is 13.8. The molecule has 4 heteroatoms. The van der Waals surface area contributed by atoms with Crippen molar-refractivity contribution in [3.63, 3.8) is 0 Å². The Labute approximate surface area is 118 Å². The maximum atomic E-state index is 13.8. The molecule has 0 bridgehead atoms. The Bertz CT molecular complexity index is 584. The van der Waals surface area contributed by atoms with E-state index in [1.807, 2.05) is 24.3 Å². The van der Waals surface area contributed by atoms with E-state index in [2.05, 4.69) is 22.6 Å². The monoisotopic (exact) mass is 359 g/mol. The molecule has 0 amide bonds. The van der Waals surface area contributed by atoms with Crippen molar-refractivity contribution in [1.82, 2.24) is 0 Å². The molecule has 2 N–H and O–H groups in total. The van der Waals surface area contributed by atoms with Crippen molar-refractivity contribution < 1.29 is 8.78 Å². The fourth-order valence-corrected chi connectivity index (χ4v) is 2.35. The average molecular weight is 359 g/mol. The summed E-state index contributed by atoms with van der Waals surface area (Å²) < 4.78 is 28.3. The lowest BCUT2D eigenvalue weighted by Gasteiger charge is -2.14. The lowest BCUT2D eigenvalue weighted by Crippen LogP contribution is -2.14. The topological polar surface area (TPSA) is 26.0 Å². The maximum Gasteiger partial charge on any atom is 0.128 e. The second-order valence-electron chi connectivity index (χ2n) is 4.16. The summed E-state index contributed by atoms with van der Waals surface area (Å²) in [7, 11) is 0. The van der Waals surface area contributed by atoms with Gasteiger partial charge in [-0.25, -0.2) is 8.78 Å². The number of halogens is 3. The van der Waals surface area contributed by atoms with Gasteiger partial charge in [-0.15, -0.1) is 0 Å². The predicted molar refractivity (Wildman–Crippen MR) is 76.3 cm³/mol. The molecular formula is C14H12F2IN. The van der Waals surface area contributed by atoms with E-state index >= 15 is 0 Å². The minimum absolute atomic E-state index is 0.181.